The molecule has 3 aromatic carbocycles. The summed E-state index contributed by atoms with van der Waals surface area (Å²) in [5.41, 5.74) is 8.00. The molecular formula is C30H32ClFN6. The van der Waals surface area contributed by atoms with Crippen LogP contribution in [0.1, 0.15) is 12.8 Å². The number of piperidine rings is 1. The van der Waals surface area contributed by atoms with Crippen molar-refractivity contribution in [1.82, 2.24) is 14.9 Å². The number of hydrogen-bond donors (Lipinski definition) is 1. The Balaban J connectivity index is 1.41. The molecule has 7 rings (SSSR count). The average molecular weight is 531 g/mol. The summed E-state index contributed by atoms with van der Waals surface area (Å²) < 4.78 is 16.6. The fourth-order valence-corrected chi connectivity index (χ4v) is 6.92. The summed E-state index contributed by atoms with van der Waals surface area (Å²) in [7, 11) is 4.17. The molecule has 1 saturated carbocycles. The van der Waals surface area contributed by atoms with Crippen LogP contribution in [0.25, 0.3) is 32.8 Å². The van der Waals surface area contributed by atoms with Gasteiger partial charge in [0.25, 0.3) is 0 Å². The number of fused-ring (bicyclic) bond motifs is 4. The second kappa shape index (κ2) is 9.04. The second-order valence-electron chi connectivity index (χ2n) is 11.4. The summed E-state index contributed by atoms with van der Waals surface area (Å²) in [5, 5.41) is 3.04. The standard InChI is InChI=1S/C30H32ClFN6/c1-36(2)20-15-38(16-20)30-34-28-23(29(35-30)37-13-18-10-11-19(14-37)27(18)33)12-24(31)25(26(28)32)22-9-5-7-17-6-3-4-8-21(17)22/h3-9,12,18-20,27H,10-11,13-16,33H2,1-2H3/t18-,19+,27?. The number of benzene rings is 3. The SMILES string of the molecule is CN(C)C1CN(c2nc(N3C[C@H]4CC[C@@H](C3)C4N)c3cc(Cl)c(-c4cccc5ccccc45)c(F)c3n2)C1. The minimum absolute atomic E-state index is 0.230. The Morgan fingerprint density at radius 1 is 0.921 bits per heavy atom. The van der Waals surface area contributed by atoms with Crippen LogP contribution < -0.4 is 15.5 Å². The molecule has 2 aliphatic heterocycles. The molecule has 6 nitrogen and oxygen atoms in total. The van der Waals surface area contributed by atoms with Crippen LogP contribution >= 0.6 is 11.6 Å². The van der Waals surface area contributed by atoms with E-state index in [4.69, 9.17) is 27.3 Å². The molecule has 3 atom stereocenters. The molecule has 8 heteroatoms. The average Bonchev–Trinajstić information content (AvgIpc) is 3.07. The quantitative estimate of drug-likeness (QED) is 0.393. The van der Waals surface area contributed by atoms with Gasteiger partial charge >= 0.3 is 0 Å². The maximum atomic E-state index is 16.6. The first kappa shape index (κ1) is 24.1. The van der Waals surface area contributed by atoms with Crippen molar-refractivity contribution in [3.8, 4) is 11.1 Å². The molecule has 2 N–H and O–H groups in total. The first-order valence-corrected chi connectivity index (χ1v) is 13.9. The highest BCUT2D eigenvalue weighted by atomic mass is 35.5. The van der Waals surface area contributed by atoms with Gasteiger partial charge in [-0.3, -0.25) is 0 Å². The Morgan fingerprint density at radius 3 is 2.37 bits per heavy atom. The summed E-state index contributed by atoms with van der Waals surface area (Å²) >= 11 is 6.89. The van der Waals surface area contributed by atoms with Gasteiger partial charge in [-0.1, -0.05) is 54.1 Å². The normalized spacial score (nSPS) is 23.6. The maximum absolute atomic E-state index is 16.6. The Kier molecular flexibility index (Phi) is 5.73. The van der Waals surface area contributed by atoms with E-state index in [1.54, 1.807) is 0 Å². The maximum Gasteiger partial charge on any atom is 0.228 e. The lowest BCUT2D eigenvalue weighted by Gasteiger charge is -2.43. The predicted molar refractivity (Wildman–Crippen MR) is 154 cm³/mol. The van der Waals surface area contributed by atoms with Crippen molar-refractivity contribution in [3.05, 3.63) is 59.4 Å². The van der Waals surface area contributed by atoms with Gasteiger partial charge in [0.05, 0.1) is 5.02 Å². The second-order valence-corrected chi connectivity index (χ2v) is 11.8. The van der Waals surface area contributed by atoms with E-state index in [1.165, 1.54) is 0 Å². The number of likely N-dealkylation sites (N-methyl/N-ethyl adjacent to an activating group) is 1. The third-order valence-corrected chi connectivity index (χ3v) is 9.29. The van der Waals surface area contributed by atoms with Crippen LogP contribution in [0.3, 0.4) is 0 Å². The fourth-order valence-electron chi connectivity index (χ4n) is 6.62. The van der Waals surface area contributed by atoms with Crippen LogP contribution in [0.2, 0.25) is 5.02 Å². The predicted octanol–water partition coefficient (Wildman–Crippen LogP) is 5.17. The smallest absolute Gasteiger partial charge is 0.228 e. The van der Waals surface area contributed by atoms with Gasteiger partial charge in [-0.05, 0) is 61.2 Å². The molecule has 2 saturated heterocycles. The van der Waals surface area contributed by atoms with Crippen molar-refractivity contribution in [3.63, 3.8) is 0 Å². The van der Waals surface area contributed by atoms with Gasteiger partial charge in [-0.25, -0.2) is 9.37 Å². The Labute approximate surface area is 227 Å². The lowest BCUT2D eigenvalue weighted by Crippen LogP contribution is -2.58. The molecule has 0 amide bonds. The number of nitrogens with zero attached hydrogens (tertiary/aromatic N) is 5. The summed E-state index contributed by atoms with van der Waals surface area (Å²) in [5.74, 6) is 1.82. The lowest BCUT2D eigenvalue weighted by atomic mass is 9.92. The molecular weight excluding hydrogens is 499 g/mol. The topological polar surface area (TPSA) is 61.5 Å². The van der Waals surface area contributed by atoms with Crippen LogP contribution in [-0.4, -0.2) is 67.2 Å². The van der Waals surface area contributed by atoms with Crippen molar-refractivity contribution in [2.75, 3.05) is 50.1 Å². The van der Waals surface area contributed by atoms with Crippen molar-refractivity contribution in [2.24, 2.45) is 17.6 Å². The van der Waals surface area contributed by atoms with Crippen molar-refractivity contribution in [1.29, 1.82) is 0 Å². The minimum Gasteiger partial charge on any atom is -0.355 e. The molecule has 3 fully saturated rings. The number of rotatable bonds is 4. The summed E-state index contributed by atoms with van der Waals surface area (Å²) in [6, 6.07) is 16.4. The summed E-state index contributed by atoms with van der Waals surface area (Å²) in [6.07, 6.45) is 2.27. The largest absolute Gasteiger partial charge is 0.355 e. The summed E-state index contributed by atoms with van der Waals surface area (Å²) in [4.78, 5) is 16.5. The molecule has 3 heterocycles. The molecule has 3 aliphatic rings. The van der Waals surface area contributed by atoms with Crippen molar-refractivity contribution < 1.29 is 4.39 Å². The highest BCUT2D eigenvalue weighted by molar-refractivity contribution is 6.35. The van der Waals surface area contributed by atoms with E-state index in [1.807, 2.05) is 48.5 Å². The molecule has 38 heavy (non-hydrogen) atoms. The van der Waals surface area contributed by atoms with Gasteiger partial charge in [0, 0.05) is 49.2 Å². The summed E-state index contributed by atoms with van der Waals surface area (Å²) in [6.45, 7) is 3.29. The molecule has 0 spiro atoms. The van der Waals surface area contributed by atoms with Crippen LogP contribution in [0, 0.1) is 17.7 Å². The van der Waals surface area contributed by atoms with Crippen LogP contribution in [0.5, 0.6) is 0 Å². The molecule has 1 aromatic heterocycles. The highest BCUT2D eigenvalue weighted by Gasteiger charge is 2.41. The molecule has 0 radical (unpaired) electrons. The van der Waals surface area contributed by atoms with E-state index in [0.717, 1.165) is 61.2 Å². The van der Waals surface area contributed by atoms with E-state index in [0.29, 0.717) is 45.3 Å². The van der Waals surface area contributed by atoms with Crippen LogP contribution in [0.4, 0.5) is 16.2 Å². The number of halogens is 2. The fraction of sp³-hybridized carbons (Fsp3) is 0.400. The Morgan fingerprint density at radius 2 is 1.63 bits per heavy atom. The van der Waals surface area contributed by atoms with E-state index in [-0.39, 0.29) is 6.04 Å². The number of hydrogen-bond acceptors (Lipinski definition) is 6. The lowest BCUT2D eigenvalue weighted by molar-refractivity contribution is 0.245. The zero-order chi connectivity index (χ0) is 26.1. The minimum atomic E-state index is -0.393. The zero-order valence-electron chi connectivity index (χ0n) is 21.7. The number of aromatic nitrogens is 2. The molecule has 1 unspecified atom stereocenters. The van der Waals surface area contributed by atoms with Gasteiger partial charge in [0.1, 0.15) is 11.3 Å². The third-order valence-electron chi connectivity index (χ3n) is 8.99. The van der Waals surface area contributed by atoms with Crippen LogP contribution in [-0.2, 0) is 0 Å². The van der Waals surface area contributed by atoms with E-state index < -0.39 is 5.82 Å². The van der Waals surface area contributed by atoms with E-state index in [9.17, 15) is 0 Å². The molecule has 2 bridgehead atoms. The van der Waals surface area contributed by atoms with E-state index in [2.05, 4.69) is 28.8 Å². The first-order valence-electron chi connectivity index (χ1n) is 13.5. The van der Waals surface area contributed by atoms with Gasteiger partial charge in [-0.15, -0.1) is 0 Å². The van der Waals surface area contributed by atoms with Crippen molar-refractivity contribution >= 4 is 45.0 Å². The Bertz CT molecular complexity index is 1530. The monoisotopic (exact) mass is 530 g/mol. The van der Waals surface area contributed by atoms with Gasteiger partial charge in [0.2, 0.25) is 5.95 Å². The van der Waals surface area contributed by atoms with Gasteiger partial charge < -0.3 is 20.4 Å². The third kappa shape index (κ3) is 3.74. The Hall–Kier alpha value is -3.00. The highest BCUT2D eigenvalue weighted by Crippen LogP contribution is 2.43. The van der Waals surface area contributed by atoms with Gasteiger partial charge in [0.15, 0.2) is 5.82 Å². The van der Waals surface area contributed by atoms with Crippen molar-refractivity contribution in [2.45, 2.75) is 24.9 Å². The first-order chi connectivity index (χ1) is 18.4. The number of anilines is 2. The van der Waals surface area contributed by atoms with Crippen LogP contribution in [0.15, 0.2) is 48.5 Å². The molecule has 196 valence electrons. The van der Waals surface area contributed by atoms with E-state index >= 15 is 4.39 Å². The molecule has 4 aromatic rings. The number of nitrogens with two attached hydrogens (primary N) is 1. The molecule has 1 aliphatic carbocycles. The zero-order valence-corrected chi connectivity index (χ0v) is 22.5. The van der Waals surface area contributed by atoms with Gasteiger partial charge in [-0.2, -0.15) is 4.98 Å².